The summed E-state index contributed by atoms with van der Waals surface area (Å²) in [5, 5.41) is 3.09. The van der Waals surface area contributed by atoms with E-state index in [0.717, 1.165) is 42.6 Å². The molecule has 22 heavy (non-hydrogen) atoms. The molecule has 0 aromatic heterocycles. The third-order valence-corrected chi connectivity index (χ3v) is 4.30. The Bertz CT molecular complexity index is 511. The van der Waals surface area contributed by atoms with Gasteiger partial charge in [0.25, 0.3) is 0 Å². The second-order valence-electron chi connectivity index (χ2n) is 7.18. The first-order valence-corrected chi connectivity index (χ1v) is 8.61. The zero-order valence-electron chi connectivity index (χ0n) is 13.7. The number of nitrogens with zero attached hydrogens (tertiary/aromatic N) is 1. The molecule has 3 N–H and O–H groups in total. The fraction of sp³-hybridized carbons (Fsp3) is 0.588. The van der Waals surface area contributed by atoms with Gasteiger partial charge in [-0.15, -0.1) is 0 Å². The van der Waals surface area contributed by atoms with Crippen molar-refractivity contribution in [2.75, 3.05) is 18.8 Å². The number of carbonyl (C=O) groups is 1. The monoisotopic (exact) mass is 367 g/mol. The number of hydrogen-bond acceptors (Lipinski definition) is 3. The number of carbonyl (C=O) groups excluding carboxylic acids is 1. The lowest BCUT2D eigenvalue weighted by molar-refractivity contribution is -0.127. The van der Waals surface area contributed by atoms with Crippen molar-refractivity contribution in [2.45, 2.75) is 45.7 Å². The number of nitrogen functional groups attached to an aromatic ring is 1. The summed E-state index contributed by atoms with van der Waals surface area (Å²) in [6, 6.07) is 6.03. The molecule has 4 nitrogen and oxygen atoms in total. The summed E-state index contributed by atoms with van der Waals surface area (Å²) < 4.78 is 1.02. The predicted octanol–water partition coefficient (Wildman–Crippen LogP) is 3.16. The number of benzene rings is 1. The molecule has 1 aromatic carbocycles. The Kier molecular flexibility index (Phi) is 5.50. The Balaban J connectivity index is 1.86. The lowest BCUT2D eigenvalue weighted by atomic mass is 9.94. The molecule has 1 aromatic rings. The van der Waals surface area contributed by atoms with Gasteiger partial charge in [-0.25, -0.2) is 0 Å². The van der Waals surface area contributed by atoms with Gasteiger partial charge in [0.05, 0.1) is 0 Å². The molecule has 0 aliphatic carbocycles. The van der Waals surface area contributed by atoms with Crippen molar-refractivity contribution in [3.8, 4) is 0 Å². The Morgan fingerprint density at radius 3 is 2.50 bits per heavy atom. The Hall–Kier alpha value is -1.07. The van der Waals surface area contributed by atoms with Crippen molar-refractivity contribution in [3.05, 3.63) is 28.2 Å². The number of halogens is 1. The van der Waals surface area contributed by atoms with Crippen molar-refractivity contribution < 1.29 is 4.79 Å². The van der Waals surface area contributed by atoms with Gasteiger partial charge in [0.15, 0.2) is 0 Å². The fourth-order valence-corrected chi connectivity index (χ4v) is 3.41. The minimum absolute atomic E-state index is 0.142. The highest BCUT2D eigenvalue weighted by molar-refractivity contribution is 9.10. The highest BCUT2D eigenvalue weighted by atomic mass is 79.9. The average molecular weight is 368 g/mol. The summed E-state index contributed by atoms with van der Waals surface area (Å²) in [5.74, 6) is 0.335. The third-order valence-electron chi connectivity index (χ3n) is 3.84. The first kappa shape index (κ1) is 17.3. The predicted molar refractivity (Wildman–Crippen MR) is 94.5 cm³/mol. The van der Waals surface area contributed by atoms with E-state index in [1.54, 1.807) is 0 Å². The maximum absolute atomic E-state index is 12.2. The second kappa shape index (κ2) is 7.01. The number of amides is 1. The van der Waals surface area contributed by atoms with Crippen LogP contribution in [0.25, 0.3) is 0 Å². The maximum atomic E-state index is 12.2. The van der Waals surface area contributed by atoms with Gasteiger partial charge in [0.2, 0.25) is 5.91 Å². The highest BCUT2D eigenvalue weighted by Gasteiger charge is 2.27. The number of likely N-dealkylation sites (tertiary alicyclic amines) is 1. The fourth-order valence-electron chi connectivity index (χ4n) is 2.85. The van der Waals surface area contributed by atoms with Crippen LogP contribution in [0.15, 0.2) is 22.7 Å². The molecule has 0 saturated carbocycles. The quantitative estimate of drug-likeness (QED) is 0.806. The maximum Gasteiger partial charge on any atom is 0.223 e. The Labute approximate surface area is 141 Å². The van der Waals surface area contributed by atoms with E-state index >= 15 is 0 Å². The van der Waals surface area contributed by atoms with E-state index in [1.807, 2.05) is 32.9 Å². The number of hydrogen-bond donors (Lipinski definition) is 2. The molecule has 1 aliphatic heterocycles. The zero-order chi connectivity index (χ0) is 16.3. The molecule has 0 radical (unpaired) electrons. The third kappa shape index (κ3) is 5.29. The molecule has 1 heterocycles. The summed E-state index contributed by atoms with van der Waals surface area (Å²) in [6.45, 7) is 8.87. The minimum atomic E-state index is -0.151. The van der Waals surface area contributed by atoms with Crippen LogP contribution in [0.4, 0.5) is 5.69 Å². The van der Waals surface area contributed by atoms with Crippen LogP contribution in [0, 0.1) is 5.92 Å². The second-order valence-corrected chi connectivity index (χ2v) is 8.10. The SMILES string of the molecule is CC(C)(C)NC(=O)C1CCN(Cc2cc(N)cc(Br)c2)CC1. The molecule has 0 bridgehead atoms. The molecule has 1 amide bonds. The lowest BCUT2D eigenvalue weighted by Crippen LogP contribution is -2.46. The molecule has 5 heteroatoms. The standard InChI is InChI=1S/C17H26BrN3O/c1-17(2,3)20-16(22)13-4-6-21(7-5-13)11-12-8-14(18)10-15(19)9-12/h8-10,13H,4-7,11,19H2,1-3H3,(H,20,22). The topological polar surface area (TPSA) is 58.4 Å². The van der Waals surface area contributed by atoms with E-state index < -0.39 is 0 Å². The van der Waals surface area contributed by atoms with Gasteiger partial charge in [0.1, 0.15) is 0 Å². The van der Waals surface area contributed by atoms with E-state index in [-0.39, 0.29) is 17.4 Å². The summed E-state index contributed by atoms with van der Waals surface area (Å²) >= 11 is 3.48. The number of piperidine rings is 1. The highest BCUT2D eigenvalue weighted by Crippen LogP contribution is 2.23. The van der Waals surface area contributed by atoms with Gasteiger partial charge in [-0.3, -0.25) is 9.69 Å². The molecule has 1 saturated heterocycles. The lowest BCUT2D eigenvalue weighted by Gasteiger charge is -2.33. The van der Waals surface area contributed by atoms with Crippen molar-refractivity contribution in [3.63, 3.8) is 0 Å². The molecule has 0 atom stereocenters. The van der Waals surface area contributed by atoms with Crippen LogP contribution < -0.4 is 11.1 Å². The van der Waals surface area contributed by atoms with Crippen LogP contribution in [0.3, 0.4) is 0 Å². The van der Waals surface area contributed by atoms with E-state index in [1.165, 1.54) is 5.56 Å². The van der Waals surface area contributed by atoms with Crippen molar-refractivity contribution in [1.82, 2.24) is 10.2 Å². The smallest absolute Gasteiger partial charge is 0.223 e. The molecule has 1 fully saturated rings. The van der Waals surface area contributed by atoms with Crippen LogP contribution in [-0.2, 0) is 11.3 Å². The van der Waals surface area contributed by atoms with Crippen LogP contribution in [0.1, 0.15) is 39.2 Å². The Morgan fingerprint density at radius 1 is 1.32 bits per heavy atom. The summed E-state index contributed by atoms with van der Waals surface area (Å²) in [4.78, 5) is 14.6. The first-order valence-electron chi connectivity index (χ1n) is 7.82. The minimum Gasteiger partial charge on any atom is -0.399 e. The number of nitrogens with one attached hydrogen (secondary N) is 1. The van der Waals surface area contributed by atoms with Gasteiger partial charge < -0.3 is 11.1 Å². The van der Waals surface area contributed by atoms with E-state index in [9.17, 15) is 4.79 Å². The molecular formula is C17H26BrN3O. The average Bonchev–Trinajstić information content (AvgIpc) is 2.36. The Morgan fingerprint density at radius 2 is 1.95 bits per heavy atom. The summed E-state index contributed by atoms with van der Waals surface area (Å²) in [5.41, 5.74) is 7.73. The van der Waals surface area contributed by atoms with Crippen LogP contribution in [-0.4, -0.2) is 29.4 Å². The summed E-state index contributed by atoms with van der Waals surface area (Å²) in [6.07, 6.45) is 1.84. The van der Waals surface area contributed by atoms with Gasteiger partial charge in [-0.1, -0.05) is 15.9 Å². The summed E-state index contributed by atoms with van der Waals surface area (Å²) in [7, 11) is 0. The first-order chi connectivity index (χ1) is 10.2. The van der Waals surface area contributed by atoms with E-state index in [4.69, 9.17) is 5.73 Å². The van der Waals surface area contributed by atoms with Crippen LogP contribution >= 0.6 is 15.9 Å². The van der Waals surface area contributed by atoms with Gasteiger partial charge in [-0.05, 0) is 70.5 Å². The van der Waals surface area contributed by atoms with Crippen LogP contribution in [0.2, 0.25) is 0 Å². The molecule has 2 rings (SSSR count). The number of nitrogens with two attached hydrogens (primary N) is 1. The van der Waals surface area contributed by atoms with E-state index in [0.29, 0.717) is 0 Å². The molecular weight excluding hydrogens is 342 g/mol. The molecule has 1 aliphatic rings. The normalized spacial score (nSPS) is 17.5. The van der Waals surface area contributed by atoms with Crippen LogP contribution in [0.5, 0.6) is 0 Å². The molecule has 122 valence electrons. The van der Waals surface area contributed by atoms with Gasteiger partial charge in [-0.2, -0.15) is 0 Å². The number of anilines is 1. The largest absolute Gasteiger partial charge is 0.399 e. The van der Waals surface area contributed by atoms with Gasteiger partial charge in [0, 0.05) is 28.2 Å². The zero-order valence-corrected chi connectivity index (χ0v) is 15.2. The van der Waals surface area contributed by atoms with Crippen molar-refractivity contribution in [2.24, 2.45) is 5.92 Å². The van der Waals surface area contributed by atoms with Crippen molar-refractivity contribution in [1.29, 1.82) is 0 Å². The number of rotatable bonds is 3. The van der Waals surface area contributed by atoms with Crippen molar-refractivity contribution >= 4 is 27.5 Å². The molecule has 0 spiro atoms. The molecule has 0 unspecified atom stereocenters. The van der Waals surface area contributed by atoms with E-state index in [2.05, 4.69) is 32.2 Å². The van der Waals surface area contributed by atoms with Gasteiger partial charge >= 0.3 is 0 Å².